The summed E-state index contributed by atoms with van der Waals surface area (Å²) in [6.07, 6.45) is 1.45. The molecule has 4 nitrogen and oxygen atoms in total. The molecule has 0 saturated carbocycles. The monoisotopic (exact) mass is 265 g/mol. The van der Waals surface area contributed by atoms with Crippen LogP contribution >= 0.6 is 11.6 Å². The van der Waals surface area contributed by atoms with Crippen LogP contribution in [-0.2, 0) is 0 Å². The molecule has 0 spiro atoms. The summed E-state index contributed by atoms with van der Waals surface area (Å²) in [4.78, 5) is 15.8. The number of aromatic nitrogens is 1. The first kappa shape index (κ1) is 12.3. The van der Waals surface area contributed by atoms with E-state index in [-0.39, 0.29) is 17.1 Å². The standard InChI is InChI=1S/C12H9ClFN3O/c13-7-3-4-16-11(5-7)17-12(18)9-6-8(14)1-2-10(9)15/h1-6H,15H2,(H,16,17,18). The average molecular weight is 266 g/mol. The fourth-order valence-electron chi connectivity index (χ4n) is 1.38. The second kappa shape index (κ2) is 5.01. The Bertz CT molecular complexity index is 604. The SMILES string of the molecule is Nc1ccc(F)cc1C(=O)Nc1cc(Cl)ccn1. The summed E-state index contributed by atoms with van der Waals surface area (Å²) in [6.45, 7) is 0. The molecule has 0 radical (unpaired) electrons. The van der Waals surface area contributed by atoms with E-state index in [4.69, 9.17) is 17.3 Å². The molecule has 2 rings (SSSR count). The summed E-state index contributed by atoms with van der Waals surface area (Å²) in [7, 11) is 0. The van der Waals surface area contributed by atoms with Crippen molar-refractivity contribution in [1.29, 1.82) is 0 Å². The second-order valence-electron chi connectivity index (χ2n) is 3.54. The van der Waals surface area contributed by atoms with E-state index in [0.717, 1.165) is 6.07 Å². The highest BCUT2D eigenvalue weighted by Gasteiger charge is 2.11. The highest BCUT2D eigenvalue weighted by Crippen LogP contribution is 2.17. The maximum Gasteiger partial charge on any atom is 0.259 e. The number of hydrogen-bond acceptors (Lipinski definition) is 3. The third kappa shape index (κ3) is 2.75. The zero-order valence-corrected chi connectivity index (χ0v) is 9.91. The first-order chi connectivity index (χ1) is 8.56. The van der Waals surface area contributed by atoms with Crippen molar-refractivity contribution < 1.29 is 9.18 Å². The zero-order chi connectivity index (χ0) is 13.1. The molecule has 0 aliphatic heterocycles. The number of nitrogen functional groups attached to an aromatic ring is 1. The number of anilines is 2. The zero-order valence-electron chi connectivity index (χ0n) is 9.15. The molecule has 1 aromatic heterocycles. The van der Waals surface area contributed by atoms with Crippen molar-refractivity contribution in [2.75, 3.05) is 11.1 Å². The lowest BCUT2D eigenvalue weighted by Gasteiger charge is -2.07. The minimum atomic E-state index is -0.540. The van der Waals surface area contributed by atoms with Gasteiger partial charge in [0.15, 0.2) is 0 Å². The molecule has 0 bridgehead atoms. The normalized spacial score (nSPS) is 10.1. The summed E-state index contributed by atoms with van der Waals surface area (Å²) in [5.41, 5.74) is 5.84. The van der Waals surface area contributed by atoms with Gasteiger partial charge in [-0.05, 0) is 30.3 Å². The molecule has 0 unspecified atom stereocenters. The van der Waals surface area contributed by atoms with Gasteiger partial charge in [0.25, 0.3) is 5.91 Å². The largest absolute Gasteiger partial charge is 0.398 e. The van der Waals surface area contributed by atoms with Crippen molar-refractivity contribution in [2.24, 2.45) is 0 Å². The molecule has 0 atom stereocenters. The van der Waals surface area contributed by atoms with Crippen molar-refractivity contribution in [3.63, 3.8) is 0 Å². The fourth-order valence-corrected chi connectivity index (χ4v) is 1.54. The van der Waals surface area contributed by atoms with Crippen LogP contribution in [0.4, 0.5) is 15.9 Å². The molecule has 0 fully saturated rings. The quantitative estimate of drug-likeness (QED) is 0.821. The van der Waals surface area contributed by atoms with Gasteiger partial charge in [-0.2, -0.15) is 0 Å². The Labute approximate surface area is 108 Å². The predicted molar refractivity (Wildman–Crippen MR) is 68.0 cm³/mol. The molecule has 92 valence electrons. The van der Waals surface area contributed by atoms with Crippen molar-refractivity contribution >= 4 is 29.0 Å². The number of halogens is 2. The Hall–Kier alpha value is -2.14. The van der Waals surface area contributed by atoms with E-state index >= 15 is 0 Å². The molecule has 6 heteroatoms. The molecule has 18 heavy (non-hydrogen) atoms. The van der Waals surface area contributed by atoms with Gasteiger partial charge in [-0.15, -0.1) is 0 Å². The van der Waals surface area contributed by atoms with Crippen LogP contribution in [0, 0.1) is 5.82 Å². The Morgan fingerprint density at radius 3 is 2.83 bits per heavy atom. The van der Waals surface area contributed by atoms with Crippen LogP contribution < -0.4 is 11.1 Å². The van der Waals surface area contributed by atoms with E-state index in [1.165, 1.54) is 24.4 Å². The van der Waals surface area contributed by atoms with Crippen molar-refractivity contribution in [3.8, 4) is 0 Å². The molecule has 0 aliphatic carbocycles. The first-order valence-electron chi connectivity index (χ1n) is 5.04. The number of pyridine rings is 1. The van der Waals surface area contributed by atoms with Crippen LogP contribution in [0.25, 0.3) is 0 Å². The number of benzene rings is 1. The van der Waals surface area contributed by atoms with Gasteiger partial charge in [0.05, 0.1) is 5.56 Å². The molecule has 2 aromatic rings. The summed E-state index contributed by atoms with van der Waals surface area (Å²) < 4.78 is 13.0. The number of carbonyl (C=O) groups is 1. The van der Waals surface area contributed by atoms with Gasteiger partial charge in [0, 0.05) is 16.9 Å². The van der Waals surface area contributed by atoms with Crippen LogP contribution in [0.3, 0.4) is 0 Å². The molecule has 0 aliphatic rings. The van der Waals surface area contributed by atoms with Gasteiger partial charge in [0.2, 0.25) is 0 Å². The number of nitrogens with one attached hydrogen (secondary N) is 1. The Kier molecular flexibility index (Phi) is 3.43. The number of hydrogen-bond donors (Lipinski definition) is 2. The number of carbonyl (C=O) groups excluding carboxylic acids is 1. The van der Waals surface area contributed by atoms with Gasteiger partial charge < -0.3 is 11.1 Å². The summed E-state index contributed by atoms with van der Waals surface area (Å²) in [5.74, 6) is -0.800. The van der Waals surface area contributed by atoms with Crippen LogP contribution in [0.15, 0.2) is 36.5 Å². The van der Waals surface area contributed by atoms with Crippen LogP contribution in [0.5, 0.6) is 0 Å². The van der Waals surface area contributed by atoms with E-state index in [9.17, 15) is 9.18 Å². The minimum absolute atomic E-state index is 0.0526. The Balaban J connectivity index is 2.24. The van der Waals surface area contributed by atoms with E-state index < -0.39 is 11.7 Å². The molecule has 0 saturated heterocycles. The number of nitrogens with two attached hydrogens (primary N) is 1. The second-order valence-corrected chi connectivity index (χ2v) is 3.98. The number of amides is 1. The maximum atomic E-state index is 13.0. The highest BCUT2D eigenvalue weighted by molar-refractivity contribution is 6.30. The predicted octanol–water partition coefficient (Wildman–Crippen LogP) is 2.71. The highest BCUT2D eigenvalue weighted by atomic mass is 35.5. The number of rotatable bonds is 2. The summed E-state index contributed by atoms with van der Waals surface area (Å²) in [5, 5.41) is 2.92. The van der Waals surface area contributed by atoms with E-state index in [1.807, 2.05) is 0 Å². The molecule has 1 aromatic carbocycles. The third-order valence-electron chi connectivity index (χ3n) is 2.22. The van der Waals surface area contributed by atoms with Gasteiger partial charge in [-0.25, -0.2) is 9.37 Å². The van der Waals surface area contributed by atoms with Crippen molar-refractivity contribution in [2.45, 2.75) is 0 Å². The molecular weight excluding hydrogens is 257 g/mol. The molecule has 1 heterocycles. The van der Waals surface area contributed by atoms with Crippen molar-refractivity contribution in [1.82, 2.24) is 4.98 Å². The van der Waals surface area contributed by atoms with Crippen LogP contribution in [0.1, 0.15) is 10.4 Å². The topological polar surface area (TPSA) is 68.0 Å². The van der Waals surface area contributed by atoms with E-state index in [2.05, 4.69) is 10.3 Å². The Morgan fingerprint density at radius 1 is 1.33 bits per heavy atom. The lowest BCUT2D eigenvalue weighted by Crippen LogP contribution is -2.15. The first-order valence-corrected chi connectivity index (χ1v) is 5.42. The van der Waals surface area contributed by atoms with E-state index in [0.29, 0.717) is 5.02 Å². The number of nitrogens with zero attached hydrogens (tertiary/aromatic N) is 1. The van der Waals surface area contributed by atoms with E-state index in [1.54, 1.807) is 6.07 Å². The molecule has 3 N–H and O–H groups in total. The van der Waals surface area contributed by atoms with Crippen LogP contribution in [-0.4, -0.2) is 10.9 Å². The Morgan fingerprint density at radius 2 is 2.11 bits per heavy atom. The summed E-state index contributed by atoms with van der Waals surface area (Å²) >= 11 is 5.75. The van der Waals surface area contributed by atoms with Gasteiger partial charge in [-0.3, -0.25) is 4.79 Å². The van der Waals surface area contributed by atoms with Gasteiger partial charge in [0.1, 0.15) is 11.6 Å². The lowest BCUT2D eigenvalue weighted by molar-refractivity contribution is 0.102. The average Bonchev–Trinajstić information content (AvgIpc) is 2.32. The maximum absolute atomic E-state index is 13.0. The minimum Gasteiger partial charge on any atom is -0.398 e. The smallest absolute Gasteiger partial charge is 0.259 e. The molecule has 1 amide bonds. The van der Waals surface area contributed by atoms with Crippen molar-refractivity contribution in [3.05, 3.63) is 52.9 Å². The lowest BCUT2D eigenvalue weighted by atomic mass is 10.1. The third-order valence-corrected chi connectivity index (χ3v) is 2.46. The van der Waals surface area contributed by atoms with Gasteiger partial charge in [-0.1, -0.05) is 11.6 Å². The fraction of sp³-hybridized carbons (Fsp3) is 0. The summed E-state index contributed by atoms with van der Waals surface area (Å²) in [6, 6.07) is 6.64. The van der Waals surface area contributed by atoms with Gasteiger partial charge >= 0.3 is 0 Å². The van der Waals surface area contributed by atoms with Crippen LogP contribution in [0.2, 0.25) is 5.02 Å². The molecular formula is C12H9ClFN3O.